The van der Waals surface area contributed by atoms with Gasteiger partial charge in [0.2, 0.25) is 0 Å². The van der Waals surface area contributed by atoms with E-state index >= 15 is 0 Å². The van der Waals surface area contributed by atoms with Crippen LogP contribution < -0.4 is 11.1 Å². The molecule has 0 aliphatic heterocycles. The number of rotatable bonds is 4. The lowest BCUT2D eigenvalue weighted by Crippen LogP contribution is -2.07. The number of nitrogens with one attached hydrogen (secondary N) is 1. The minimum atomic E-state index is -1.05. The van der Waals surface area contributed by atoms with E-state index in [-0.39, 0.29) is 11.3 Å². The molecule has 2 aromatic carbocycles. The Bertz CT molecular complexity index is 733. The van der Waals surface area contributed by atoms with Crippen molar-refractivity contribution in [2.75, 3.05) is 11.1 Å². The molecule has 0 saturated carbocycles. The average Bonchev–Trinajstić information content (AvgIpc) is 2.48. The predicted molar refractivity (Wildman–Crippen MR) is 81.0 cm³/mol. The molecule has 106 valence electrons. The van der Waals surface area contributed by atoms with E-state index in [4.69, 9.17) is 16.1 Å². The molecule has 0 bridgehead atoms. The zero-order chi connectivity index (χ0) is 15.4. The first-order chi connectivity index (χ1) is 10.0. The molecule has 5 nitrogen and oxygen atoms in total. The number of carbonyl (C=O) groups is 1. The number of hydrogen-bond donors (Lipinski definition) is 3. The van der Waals surface area contributed by atoms with Gasteiger partial charge in [0.05, 0.1) is 17.2 Å². The molecular weight excluding hydrogens is 266 g/mol. The van der Waals surface area contributed by atoms with Crippen molar-refractivity contribution in [3.8, 4) is 6.07 Å². The van der Waals surface area contributed by atoms with Gasteiger partial charge in [-0.05, 0) is 42.3 Å². The fraction of sp³-hybridized carbons (Fsp3) is 0.125. The smallest absolute Gasteiger partial charge is 0.337 e. The first-order valence-corrected chi connectivity index (χ1v) is 6.37. The van der Waals surface area contributed by atoms with Gasteiger partial charge < -0.3 is 16.2 Å². The second-order valence-electron chi connectivity index (χ2n) is 4.73. The number of nitrogens with zero attached hydrogens (tertiary/aromatic N) is 1. The van der Waals surface area contributed by atoms with Crippen LogP contribution in [0, 0.1) is 18.3 Å². The molecule has 0 aliphatic rings. The van der Waals surface area contributed by atoms with Gasteiger partial charge in [-0.3, -0.25) is 0 Å². The molecule has 21 heavy (non-hydrogen) atoms. The molecule has 0 radical (unpaired) electrons. The molecule has 0 amide bonds. The van der Waals surface area contributed by atoms with Crippen LogP contribution in [0.1, 0.15) is 27.0 Å². The molecule has 0 atom stereocenters. The highest BCUT2D eigenvalue weighted by Crippen LogP contribution is 2.23. The lowest BCUT2D eigenvalue weighted by molar-refractivity contribution is 0.0698. The molecule has 0 unspecified atom stereocenters. The van der Waals surface area contributed by atoms with Gasteiger partial charge in [0.1, 0.15) is 0 Å². The normalized spacial score (nSPS) is 9.90. The first kappa shape index (κ1) is 14.4. The topological polar surface area (TPSA) is 99.1 Å². The maximum absolute atomic E-state index is 11.1. The zero-order valence-electron chi connectivity index (χ0n) is 11.6. The number of nitriles is 1. The minimum absolute atomic E-state index is 0.0864. The van der Waals surface area contributed by atoms with E-state index in [2.05, 4.69) is 11.4 Å². The fourth-order valence-electron chi connectivity index (χ4n) is 2.03. The fourth-order valence-corrected chi connectivity index (χ4v) is 2.03. The van der Waals surface area contributed by atoms with Crippen molar-refractivity contribution in [1.82, 2.24) is 0 Å². The van der Waals surface area contributed by atoms with E-state index in [1.54, 1.807) is 25.1 Å². The highest BCUT2D eigenvalue weighted by atomic mass is 16.4. The third-order valence-corrected chi connectivity index (χ3v) is 3.17. The largest absolute Gasteiger partial charge is 0.478 e. The number of aryl methyl sites for hydroxylation is 1. The highest BCUT2D eigenvalue weighted by molar-refractivity contribution is 5.95. The van der Waals surface area contributed by atoms with Crippen molar-refractivity contribution in [3.63, 3.8) is 0 Å². The summed E-state index contributed by atoms with van der Waals surface area (Å²) in [5.74, 6) is -1.05. The Kier molecular flexibility index (Phi) is 4.10. The Labute approximate surface area is 122 Å². The molecule has 0 heterocycles. The Balaban J connectivity index is 2.20. The summed E-state index contributed by atoms with van der Waals surface area (Å²) in [6.45, 7) is 2.27. The van der Waals surface area contributed by atoms with E-state index in [1.807, 2.05) is 12.1 Å². The van der Waals surface area contributed by atoms with Crippen LogP contribution in [-0.4, -0.2) is 11.1 Å². The monoisotopic (exact) mass is 281 g/mol. The van der Waals surface area contributed by atoms with Gasteiger partial charge in [-0.1, -0.05) is 12.1 Å². The molecule has 0 fully saturated rings. The van der Waals surface area contributed by atoms with E-state index in [0.717, 1.165) is 5.56 Å². The van der Waals surface area contributed by atoms with E-state index in [0.29, 0.717) is 23.4 Å². The maximum Gasteiger partial charge on any atom is 0.337 e. The number of anilines is 2. The number of aromatic carboxylic acids is 1. The number of hydrogen-bond acceptors (Lipinski definition) is 4. The van der Waals surface area contributed by atoms with Crippen LogP contribution >= 0.6 is 0 Å². The summed E-state index contributed by atoms with van der Waals surface area (Å²) >= 11 is 0. The number of nitrogens with two attached hydrogens (primary N) is 1. The standard InChI is InChI=1S/C16H15N3O2/c1-10-5-13(7-14(15(10)18)16(20)21)19-9-12-4-2-3-11(6-12)8-17/h2-7,19H,9,18H2,1H3,(H,20,21). The van der Waals surface area contributed by atoms with Crippen LogP contribution in [0.25, 0.3) is 0 Å². The van der Waals surface area contributed by atoms with Crippen molar-refractivity contribution in [2.24, 2.45) is 0 Å². The summed E-state index contributed by atoms with van der Waals surface area (Å²) in [7, 11) is 0. The van der Waals surface area contributed by atoms with Gasteiger partial charge in [0.25, 0.3) is 0 Å². The molecule has 0 aromatic heterocycles. The Morgan fingerprint density at radius 1 is 1.38 bits per heavy atom. The van der Waals surface area contributed by atoms with Crippen molar-refractivity contribution in [3.05, 3.63) is 58.7 Å². The van der Waals surface area contributed by atoms with Gasteiger partial charge in [-0.2, -0.15) is 5.26 Å². The van der Waals surface area contributed by atoms with E-state index < -0.39 is 5.97 Å². The zero-order valence-corrected chi connectivity index (χ0v) is 11.6. The van der Waals surface area contributed by atoms with E-state index in [1.165, 1.54) is 6.07 Å². The minimum Gasteiger partial charge on any atom is -0.478 e. The molecule has 0 saturated heterocycles. The molecule has 2 rings (SSSR count). The lowest BCUT2D eigenvalue weighted by Gasteiger charge is -2.11. The van der Waals surface area contributed by atoms with Crippen LogP contribution in [0.5, 0.6) is 0 Å². The van der Waals surface area contributed by atoms with Gasteiger partial charge in [-0.15, -0.1) is 0 Å². The summed E-state index contributed by atoms with van der Waals surface area (Å²) in [6, 6.07) is 12.6. The quantitative estimate of drug-likeness (QED) is 0.748. The summed E-state index contributed by atoms with van der Waals surface area (Å²) in [5, 5.41) is 21.1. The second-order valence-corrected chi connectivity index (χ2v) is 4.73. The van der Waals surface area contributed by atoms with Crippen LogP contribution in [0.4, 0.5) is 11.4 Å². The number of nitrogen functional groups attached to an aromatic ring is 1. The van der Waals surface area contributed by atoms with Gasteiger partial charge in [-0.25, -0.2) is 4.79 Å². The number of carboxylic acid groups (broad SMARTS) is 1. The molecule has 5 heteroatoms. The summed E-state index contributed by atoms with van der Waals surface area (Å²) < 4.78 is 0. The summed E-state index contributed by atoms with van der Waals surface area (Å²) in [6.07, 6.45) is 0. The van der Waals surface area contributed by atoms with Gasteiger partial charge >= 0.3 is 5.97 Å². The molecule has 2 aromatic rings. The van der Waals surface area contributed by atoms with Gasteiger partial charge in [0, 0.05) is 17.9 Å². The van der Waals surface area contributed by atoms with Crippen molar-refractivity contribution in [2.45, 2.75) is 13.5 Å². The number of carboxylic acids is 1. The van der Waals surface area contributed by atoms with Crippen LogP contribution in [0.2, 0.25) is 0 Å². The Hall–Kier alpha value is -3.00. The van der Waals surface area contributed by atoms with Crippen LogP contribution in [0.15, 0.2) is 36.4 Å². The second kappa shape index (κ2) is 5.97. The highest BCUT2D eigenvalue weighted by Gasteiger charge is 2.11. The lowest BCUT2D eigenvalue weighted by atomic mass is 10.1. The van der Waals surface area contributed by atoms with Crippen LogP contribution in [0.3, 0.4) is 0 Å². The number of benzene rings is 2. The van der Waals surface area contributed by atoms with Crippen molar-refractivity contribution in [1.29, 1.82) is 5.26 Å². The summed E-state index contributed by atoms with van der Waals surface area (Å²) in [4.78, 5) is 11.1. The Morgan fingerprint density at radius 3 is 2.81 bits per heavy atom. The molecule has 4 N–H and O–H groups in total. The third kappa shape index (κ3) is 3.31. The van der Waals surface area contributed by atoms with Gasteiger partial charge in [0.15, 0.2) is 0 Å². The van der Waals surface area contributed by atoms with E-state index in [9.17, 15) is 4.79 Å². The van der Waals surface area contributed by atoms with Crippen molar-refractivity contribution < 1.29 is 9.90 Å². The van der Waals surface area contributed by atoms with Crippen molar-refractivity contribution >= 4 is 17.3 Å². The maximum atomic E-state index is 11.1. The van der Waals surface area contributed by atoms with Crippen LogP contribution in [-0.2, 0) is 6.54 Å². The first-order valence-electron chi connectivity index (χ1n) is 6.37. The molecule has 0 spiro atoms. The summed E-state index contributed by atoms with van der Waals surface area (Å²) in [5.41, 5.74) is 9.05. The predicted octanol–water partition coefficient (Wildman–Crippen LogP) is 2.76. The average molecular weight is 281 g/mol. The Morgan fingerprint density at radius 2 is 2.14 bits per heavy atom. The third-order valence-electron chi connectivity index (χ3n) is 3.17. The molecule has 0 aliphatic carbocycles. The SMILES string of the molecule is Cc1cc(NCc2cccc(C#N)c2)cc(C(=O)O)c1N. The molecular formula is C16H15N3O2.